The third-order valence-electron chi connectivity index (χ3n) is 7.43. The summed E-state index contributed by atoms with van der Waals surface area (Å²) < 4.78 is 15.2. The van der Waals surface area contributed by atoms with Gasteiger partial charge in [-0.25, -0.2) is 9.79 Å². The number of esters is 1. The lowest BCUT2D eigenvalue weighted by molar-refractivity contribution is -0.139. The van der Waals surface area contributed by atoms with E-state index in [1.54, 1.807) is 25.5 Å². The van der Waals surface area contributed by atoms with E-state index in [1.807, 2.05) is 30.3 Å². The quantitative estimate of drug-likeness (QED) is 0.320. The van der Waals surface area contributed by atoms with Crippen LogP contribution >= 0.6 is 11.3 Å². The van der Waals surface area contributed by atoms with Crippen LogP contribution in [0.1, 0.15) is 53.5 Å². The lowest BCUT2D eigenvalue weighted by Crippen LogP contribution is -2.39. The van der Waals surface area contributed by atoms with Gasteiger partial charge in [-0.15, -0.1) is 0 Å². The Hall–Kier alpha value is -4.17. The Labute approximate surface area is 237 Å². The molecule has 7 nitrogen and oxygen atoms in total. The van der Waals surface area contributed by atoms with E-state index in [4.69, 9.17) is 9.47 Å². The van der Waals surface area contributed by atoms with Crippen LogP contribution in [-0.2, 0) is 9.53 Å². The maximum atomic E-state index is 14.0. The molecule has 0 radical (unpaired) electrons. The third kappa shape index (κ3) is 4.73. The van der Waals surface area contributed by atoms with Gasteiger partial charge in [-0.05, 0) is 100 Å². The molecule has 0 aliphatic carbocycles. The first-order valence-corrected chi connectivity index (χ1v) is 14.1. The molecule has 1 aliphatic heterocycles. The first-order valence-electron chi connectivity index (χ1n) is 13.2. The maximum absolute atomic E-state index is 14.0. The fourth-order valence-corrected chi connectivity index (χ4v) is 6.29. The number of allylic oxidation sites excluding steroid dienone is 1. The standard InChI is InChI=1S/C32H33N3O4S/c1-8-39-31(37)28-21(5)33-32-35(29(28)23-10-9-11-26(16-23)38-7)30(36)27(40-32)17-24-15-20(4)34(22(24)6)25-13-12-18(2)19(3)14-25/h9-17,29H,8H2,1-7H3/b27-17+/t29-/m1/s1. The summed E-state index contributed by atoms with van der Waals surface area (Å²) in [5.74, 6) is 0.152. The van der Waals surface area contributed by atoms with Gasteiger partial charge in [0.15, 0.2) is 4.80 Å². The Kier molecular flexibility index (Phi) is 7.38. The number of rotatable bonds is 6. The molecule has 2 aromatic carbocycles. The van der Waals surface area contributed by atoms with Gasteiger partial charge in [0.1, 0.15) is 5.75 Å². The molecule has 2 aromatic heterocycles. The third-order valence-corrected chi connectivity index (χ3v) is 8.42. The number of nitrogens with zero attached hydrogens (tertiary/aromatic N) is 3. The Bertz CT molecular complexity index is 1860. The zero-order valence-corrected chi connectivity index (χ0v) is 24.7. The molecule has 8 heteroatoms. The number of thiazole rings is 1. The van der Waals surface area contributed by atoms with Crippen molar-refractivity contribution >= 4 is 23.4 Å². The van der Waals surface area contributed by atoms with E-state index >= 15 is 0 Å². The Morgan fingerprint density at radius 2 is 1.82 bits per heavy atom. The van der Waals surface area contributed by atoms with Crippen molar-refractivity contribution in [3.05, 3.63) is 113 Å². The van der Waals surface area contributed by atoms with E-state index in [1.165, 1.54) is 22.5 Å². The highest BCUT2D eigenvalue weighted by Gasteiger charge is 2.33. The summed E-state index contributed by atoms with van der Waals surface area (Å²) in [4.78, 5) is 32.4. The van der Waals surface area contributed by atoms with Crippen molar-refractivity contribution in [2.75, 3.05) is 13.7 Å². The van der Waals surface area contributed by atoms with Crippen LogP contribution in [0.15, 0.2) is 69.6 Å². The van der Waals surface area contributed by atoms with Crippen molar-refractivity contribution in [3.63, 3.8) is 0 Å². The number of carbonyl (C=O) groups is 1. The Morgan fingerprint density at radius 3 is 2.52 bits per heavy atom. The van der Waals surface area contributed by atoms with Crippen LogP contribution in [0, 0.1) is 27.7 Å². The average molecular weight is 556 g/mol. The highest BCUT2D eigenvalue weighted by molar-refractivity contribution is 7.07. The van der Waals surface area contributed by atoms with Gasteiger partial charge in [-0.1, -0.05) is 29.5 Å². The van der Waals surface area contributed by atoms with Crippen LogP contribution in [0.5, 0.6) is 5.75 Å². The minimum Gasteiger partial charge on any atom is -0.497 e. The zero-order chi connectivity index (χ0) is 28.7. The molecular formula is C32H33N3O4S. The predicted octanol–water partition coefficient (Wildman–Crippen LogP) is 4.83. The van der Waals surface area contributed by atoms with Gasteiger partial charge in [0, 0.05) is 17.1 Å². The Morgan fingerprint density at radius 1 is 1.05 bits per heavy atom. The van der Waals surface area contributed by atoms with Crippen molar-refractivity contribution < 1.29 is 14.3 Å². The molecule has 1 atom stereocenters. The normalized spacial score (nSPS) is 15.2. The van der Waals surface area contributed by atoms with Crippen LogP contribution in [0.3, 0.4) is 0 Å². The van der Waals surface area contributed by atoms with Crippen molar-refractivity contribution in [1.29, 1.82) is 0 Å². The van der Waals surface area contributed by atoms with Crippen LogP contribution in [-0.4, -0.2) is 28.8 Å². The minimum absolute atomic E-state index is 0.207. The summed E-state index contributed by atoms with van der Waals surface area (Å²) in [5, 5.41) is 0. The zero-order valence-electron chi connectivity index (χ0n) is 23.9. The summed E-state index contributed by atoms with van der Waals surface area (Å²) in [6, 6.07) is 15.3. The number of hydrogen-bond donors (Lipinski definition) is 0. The fraction of sp³-hybridized carbons (Fsp3) is 0.281. The molecule has 0 amide bonds. The molecule has 0 N–H and O–H groups in total. The minimum atomic E-state index is -0.685. The summed E-state index contributed by atoms with van der Waals surface area (Å²) in [7, 11) is 1.59. The lowest BCUT2D eigenvalue weighted by Gasteiger charge is -2.25. The van der Waals surface area contributed by atoms with Crippen molar-refractivity contribution in [3.8, 4) is 11.4 Å². The Balaban J connectivity index is 1.69. The smallest absolute Gasteiger partial charge is 0.338 e. The lowest BCUT2D eigenvalue weighted by atomic mass is 9.95. The summed E-state index contributed by atoms with van der Waals surface area (Å²) in [6.45, 7) is 12.1. The van der Waals surface area contributed by atoms with Gasteiger partial charge < -0.3 is 14.0 Å². The first-order chi connectivity index (χ1) is 19.1. The number of aromatic nitrogens is 2. The molecule has 0 bridgehead atoms. The van der Waals surface area contributed by atoms with Crippen LogP contribution in [0.25, 0.3) is 11.8 Å². The predicted molar refractivity (Wildman–Crippen MR) is 158 cm³/mol. The van der Waals surface area contributed by atoms with Crippen LogP contribution in [0.2, 0.25) is 0 Å². The summed E-state index contributed by atoms with van der Waals surface area (Å²) >= 11 is 1.32. The molecule has 0 fully saturated rings. The van der Waals surface area contributed by atoms with Crippen molar-refractivity contribution in [2.24, 2.45) is 4.99 Å². The molecule has 40 heavy (non-hydrogen) atoms. The van der Waals surface area contributed by atoms with E-state index in [0.717, 1.165) is 28.2 Å². The summed E-state index contributed by atoms with van der Waals surface area (Å²) in [6.07, 6.45) is 1.93. The molecule has 0 unspecified atom stereocenters. The van der Waals surface area contributed by atoms with Gasteiger partial charge in [-0.3, -0.25) is 9.36 Å². The molecule has 0 saturated heterocycles. The van der Waals surface area contributed by atoms with Gasteiger partial charge in [-0.2, -0.15) is 0 Å². The second-order valence-corrected chi connectivity index (χ2v) is 11.0. The average Bonchev–Trinajstić information content (AvgIpc) is 3.38. The number of aryl methyl sites for hydroxylation is 3. The van der Waals surface area contributed by atoms with E-state index in [2.05, 4.69) is 61.5 Å². The van der Waals surface area contributed by atoms with Crippen LogP contribution in [0.4, 0.5) is 0 Å². The number of hydrogen-bond acceptors (Lipinski definition) is 6. The second-order valence-electron chi connectivity index (χ2n) is 10.0. The molecule has 4 aromatic rings. The van der Waals surface area contributed by atoms with Crippen molar-refractivity contribution in [1.82, 2.24) is 9.13 Å². The molecule has 0 spiro atoms. The van der Waals surface area contributed by atoms with E-state index < -0.39 is 12.0 Å². The number of benzene rings is 2. The molecule has 1 aliphatic rings. The maximum Gasteiger partial charge on any atom is 0.338 e. The highest BCUT2D eigenvalue weighted by atomic mass is 32.1. The molecular weight excluding hydrogens is 522 g/mol. The van der Waals surface area contributed by atoms with Gasteiger partial charge >= 0.3 is 5.97 Å². The van der Waals surface area contributed by atoms with E-state index in [0.29, 0.717) is 26.4 Å². The van der Waals surface area contributed by atoms with Gasteiger partial charge in [0.2, 0.25) is 0 Å². The molecule has 3 heterocycles. The van der Waals surface area contributed by atoms with Crippen LogP contribution < -0.4 is 19.6 Å². The number of ether oxygens (including phenoxy) is 2. The first kappa shape index (κ1) is 27.4. The molecule has 206 valence electrons. The van der Waals surface area contributed by atoms with Crippen molar-refractivity contribution in [2.45, 2.75) is 47.6 Å². The molecule has 0 saturated carbocycles. The number of carbonyl (C=O) groups excluding carboxylic acids is 1. The summed E-state index contributed by atoms with van der Waals surface area (Å²) in [5.41, 5.74) is 8.06. The fourth-order valence-electron chi connectivity index (χ4n) is 5.26. The topological polar surface area (TPSA) is 74.8 Å². The van der Waals surface area contributed by atoms with E-state index in [9.17, 15) is 9.59 Å². The largest absolute Gasteiger partial charge is 0.497 e. The number of fused-ring (bicyclic) bond motifs is 1. The monoisotopic (exact) mass is 555 g/mol. The number of methoxy groups -OCH3 is 1. The highest BCUT2D eigenvalue weighted by Crippen LogP contribution is 2.32. The molecule has 5 rings (SSSR count). The van der Waals surface area contributed by atoms with Gasteiger partial charge in [0.25, 0.3) is 5.56 Å². The van der Waals surface area contributed by atoms with Gasteiger partial charge in [0.05, 0.1) is 35.6 Å². The second kappa shape index (κ2) is 10.8. The van der Waals surface area contributed by atoms with E-state index in [-0.39, 0.29) is 12.2 Å². The SMILES string of the molecule is CCOC(=O)C1=C(C)N=c2s/c(=C/c3cc(C)n(-c4ccc(C)c(C)c4)c3C)c(=O)n2[C@@H]1c1cccc(OC)c1.